The number of nitrogens with zero attached hydrogens (tertiary/aromatic N) is 2. The highest BCUT2D eigenvalue weighted by molar-refractivity contribution is 5.89. The molecule has 0 saturated heterocycles. The summed E-state index contributed by atoms with van der Waals surface area (Å²) in [4.78, 5) is 5.07. The Morgan fingerprint density at radius 1 is 0.379 bits per heavy atom. The highest BCUT2D eigenvalue weighted by Crippen LogP contribution is 2.60. The summed E-state index contributed by atoms with van der Waals surface area (Å²) in [6, 6.07) is 72.2. The molecule has 2 nitrogen and oxygen atoms in total. The first-order chi connectivity index (χ1) is 28.5. The largest absolute Gasteiger partial charge is 0.310 e. The Morgan fingerprint density at radius 2 is 0.845 bits per heavy atom. The van der Waals surface area contributed by atoms with Gasteiger partial charge in [0, 0.05) is 33.6 Å². The predicted molar refractivity (Wildman–Crippen MR) is 243 cm³/mol. The fraction of sp³-hybridized carbons (Fsp3) is 0.143. The second-order valence-corrected chi connectivity index (χ2v) is 16.9. The molecule has 3 aliphatic rings. The molecule has 0 radical (unpaired) electrons. The molecular formula is C56H46N2. The Balaban J connectivity index is 1.12. The second-order valence-electron chi connectivity index (χ2n) is 16.9. The SMILES string of the molecule is CC1(C)c2ccccc2-c2ccc(N(c3ccc(-c4ccccc4)cc3)c3cccc4c3[C@]3(CCc5cccc(N(c6ccccc6)c6ccccc6)c53)CC4)cc21. The van der Waals surface area contributed by atoms with Gasteiger partial charge in [-0.2, -0.15) is 0 Å². The van der Waals surface area contributed by atoms with Crippen LogP contribution in [0.15, 0.2) is 194 Å². The Bertz CT molecular complexity index is 2760. The van der Waals surface area contributed by atoms with E-state index in [9.17, 15) is 0 Å². The maximum Gasteiger partial charge on any atom is 0.0505 e. The third-order valence-electron chi connectivity index (χ3n) is 13.4. The van der Waals surface area contributed by atoms with Crippen molar-refractivity contribution in [3.05, 3.63) is 228 Å². The lowest BCUT2D eigenvalue weighted by Gasteiger charge is -2.37. The normalized spacial score (nSPS) is 16.7. The van der Waals surface area contributed by atoms with Gasteiger partial charge in [0.15, 0.2) is 0 Å². The van der Waals surface area contributed by atoms with Crippen molar-refractivity contribution in [2.45, 2.75) is 50.4 Å². The van der Waals surface area contributed by atoms with Gasteiger partial charge in [0.1, 0.15) is 0 Å². The van der Waals surface area contributed by atoms with Crippen LogP contribution in [0.2, 0.25) is 0 Å². The van der Waals surface area contributed by atoms with E-state index in [0.29, 0.717) is 0 Å². The van der Waals surface area contributed by atoms with Crippen molar-refractivity contribution in [2.75, 3.05) is 9.80 Å². The summed E-state index contributed by atoms with van der Waals surface area (Å²) in [5.74, 6) is 0. The van der Waals surface area contributed by atoms with Crippen molar-refractivity contribution >= 4 is 34.1 Å². The molecule has 0 aliphatic heterocycles. The summed E-state index contributed by atoms with van der Waals surface area (Å²) in [6.45, 7) is 4.77. The number of aryl methyl sites for hydroxylation is 2. The van der Waals surface area contributed by atoms with Crippen LogP contribution in [0, 0.1) is 0 Å². The van der Waals surface area contributed by atoms with Crippen LogP contribution in [-0.4, -0.2) is 0 Å². The van der Waals surface area contributed by atoms with E-state index in [2.05, 4.69) is 218 Å². The molecule has 0 aromatic heterocycles. The molecule has 3 aliphatic carbocycles. The first-order valence-electron chi connectivity index (χ1n) is 20.9. The monoisotopic (exact) mass is 746 g/mol. The van der Waals surface area contributed by atoms with Crippen LogP contribution in [-0.2, 0) is 23.7 Å². The molecule has 0 N–H and O–H groups in total. The third-order valence-corrected chi connectivity index (χ3v) is 13.4. The molecule has 1 spiro atoms. The van der Waals surface area contributed by atoms with Crippen molar-refractivity contribution < 1.29 is 0 Å². The zero-order valence-corrected chi connectivity index (χ0v) is 33.2. The summed E-state index contributed by atoms with van der Waals surface area (Å²) < 4.78 is 0. The molecule has 58 heavy (non-hydrogen) atoms. The first-order valence-corrected chi connectivity index (χ1v) is 20.9. The Labute approximate surface area is 342 Å². The molecule has 0 bridgehead atoms. The molecule has 11 rings (SSSR count). The fourth-order valence-electron chi connectivity index (χ4n) is 10.8. The Kier molecular flexibility index (Phi) is 8.05. The summed E-state index contributed by atoms with van der Waals surface area (Å²) >= 11 is 0. The van der Waals surface area contributed by atoms with Crippen LogP contribution in [0.25, 0.3) is 22.3 Å². The topological polar surface area (TPSA) is 6.48 Å². The highest BCUT2D eigenvalue weighted by Gasteiger charge is 2.49. The minimum atomic E-state index is -0.145. The van der Waals surface area contributed by atoms with Crippen molar-refractivity contribution in [1.82, 2.24) is 0 Å². The molecule has 0 saturated carbocycles. The number of hydrogen-bond donors (Lipinski definition) is 0. The number of hydrogen-bond acceptors (Lipinski definition) is 2. The van der Waals surface area contributed by atoms with Gasteiger partial charge in [-0.15, -0.1) is 0 Å². The molecule has 280 valence electrons. The van der Waals surface area contributed by atoms with Crippen molar-refractivity contribution in [2.24, 2.45) is 0 Å². The zero-order chi connectivity index (χ0) is 38.8. The fourth-order valence-corrected chi connectivity index (χ4v) is 10.8. The molecule has 0 fully saturated rings. The van der Waals surface area contributed by atoms with E-state index in [0.717, 1.165) is 25.7 Å². The number of anilines is 6. The van der Waals surface area contributed by atoms with Gasteiger partial charge in [-0.1, -0.05) is 147 Å². The van der Waals surface area contributed by atoms with Gasteiger partial charge in [0.25, 0.3) is 0 Å². The molecule has 2 heteroatoms. The van der Waals surface area contributed by atoms with E-state index in [1.807, 2.05) is 0 Å². The van der Waals surface area contributed by atoms with Gasteiger partial charge in [-0.25, -0.2) is 0 Å². The molecule has 0 unspecified atom stereocenters. The number of benzene rings is 8. The van der Waals surface area contributed by atoms with Crippen molar-refractivity contribution in [3.63, 3.8) is 0 Å². The van der Waals surface area contributed by atoms with Crippen LogP contribution < -0.4 is 9.80 Å². The van der Waals surface area contributed by atoms with Crippen LogP contribution >= 0.6 is 0 Å². The van der Waals surface area contributed by atoms with E-state index in [1.54, 1.807) is 0 Å². The van der Waals surface area contributed by atoms with Crippen molar-refractivity contribution in [1.29, 1.82) is 0 Å². The Hall–Kier alpha value is -6.64. The van der Waals surface area contributed by atoms with E-state index in [-0.39, 0.29) is 10.8 Å². The van der Waals surface area contributed by atoms with Crippen molar-refractivity contribution in [3.8, 4) is 22.3 Å². The van der Waals surface area contributed by atoms with Crippen LogP contribution in [0.5, 0.6) is 0 Å². The second kappa shape index (κ2) is 13.5. The van der Waals surface area contributed by atoms with E-state index in [1.165, 1.54) is 89.8 Å². The lowest BCUT2D eigenvalue weighted by atomic mass is 9.74. The molecule has 8 aromatic rings. The minimum absolute atomic E-state index is 0.109. The van der Waals surface area contributed by atoms with Gasteiger partial charge in [0.2, 0.25) is 0 Å². The summed E-state index contributed by atoms with van der Waals surface area (Å²) in [5, 5.41) is 0. The minimum Gasteiger partial charge on any atom is -0.310 e. The summed E-state index contributed by atoms with van der Waals surface area (Å²) in [7, 11) is 0. The first kappa shape index (κ1) is 34.6. The van der Waals surface area contributed by atoms with Gasteiger partial charge < -0.3 is 9.80 Å². The van der Waals surface area contributed by atoms with E-state index >= 15 is 0 Å². The lowest BCUT2D eigenvalue weighted by Crippen LogP contribution is -2.27. The van der Waals surface area contributed by atoms with E-state index < -0.39 is 0 Å². The van der Waals surface area contributed by atoms with Gasteiger partial charge in [-0.3, -0.25) is 0 Å². The molecule has 0 heterocycles. The number of para-hydroxylation sites is 2. The maximum atomic E-state index is 2.58. The quantitative estimate of drug-likeness (QED) is 0.160. The third kappa shape index (κ3) is 5.32. The smallest absolute Gasteiger partial charge is 0.0505 e. The Morgan fingerprint density at radius 3 is 1.45 bits per heavy atom. The van der Waals surface area contributed by atoms with E-state index in [4.69, 9.17) is 0 Å². The zero-order valence-electron chi connectivity index (χ0n) is 33.2. The average molecular weight is 747 g/mol. The molecule has 1 atom stereocenters. The standard InChI is InChI=1S/C56H46N2/c1-55(2)49-25-13-12-24-47(49)48-33-32-46(38-50(48)55)58(45-30-28-40(29-31-45)39-16-6-3-7-17-39)52-27-15-19-42-35-37-56(54(42)52)36-34-41-18-14-26-51(53(41)56)57(43-20-8-4-9-21-43)44-22-10-5-11-23-44/h3-33,38H,34-37H2,1-2H3/t56-/m1/s1. The van der Waals surface area contributed by atoms with Crippen LogP contribution in [0.3, 0.4) is 0 Å². The van der Waals surface area contributed by atoms with Crippen LogP contribution in [0.1, 0.15) is 60.1 Å². The molecule has 8 aromatic carbocycles. The maximum absolute atomic E-state index is 2.58. The average Bonchev–Trinajstić information content (AvgIpc) is 3.93. The van der Waals surface area contributed by atoms with Gasteiger partial charge >= 0.3 is 0 Å². The number of rotatable bonds is 7. The summed E-state index contributed by atoms with van der Waals surface area (Å²) in [6.07, 6.45) is 4.30. The lowest BCUT2D eigenvalue weighted by molar-refractivity contribution is 0.508. The van der Waals surface area contributed by atoms with Crippen LogP contribution in [0.4, 0.5) is 34.1 Å². The predicted octanol–water partition coefficient (Wildman–Crippen LogP) is 14.8. The molecular weight excluding hydrogens is 701 g/mol. The number of fused-ring (bicyclic) bond motifs is 7. The summed E-state index contributed by atoms with van der Waals surface area (Å²) in [5.41, 5.74) is 20.9. The van der Waals surface area contributed by atoms with Gasteiger partial charge in [0.05, 0.1) is 11.4 Å². The van der Waals surface area contributed by atoms with Gasteiger partial charge in [-0.05, 0) is 142 Å². The molecule has 0 amide bonds. The highest BCUT2D eigenvalue weighted by atomic mass is 15.2.